The number of piperidine rings is 1. The van der Waals surface area contributed by atoms with Gasteiger partial charge in [-0.3, -0.25) is 0 Å². The monoisotopic (exact) mass is 280 g/mol. The third-order valence-electron chi connectivity index (χ3n) is 4.35. The molecular weight excluding hydrogens is 256 g/mol. The molecule has 3 heteroatoms. The van der Waals surface area contributed by atoms with Crippen LogP contribution >= 0.6 is 11.6 Å². The van der Waals surface area contributed by atoms with Crippen LogP contribution in [0.15, 0.2) is 18.2 Å². The largest absolute Gasteiger partial charge is 0.368 e. The van der Waals surface area contributed by atoms with E-state index in [9.17, 15) is 0 Å². The minimum Gasteiger partial charge on any atom is -0.368 e. The summed E-state index contributed by atoms with van der Waals surface area (Å²) in [6.07, 6.45) is 1.32. The highest BCUT2D eigenvalue weighted by Crippen LogP contribution is 2.35. The Labute approximate surface area is 122 Å². The lowest BCUT2D eigenvalue weighted by Crippen LogP contribution is -2.46. The molecule has 1 N–H and O–H groups in total. The van der Waals surface area contributed by atoms with Crippen LogP contribution in [0.3, 0.4) is 0 Å². The van der Waals surface area contributed by atoms with E-state index in [-0.39, 0.29) is 0 Å². The lowest BCUT2D eigenvalue weighted by atomic mass is 9.85. The minimum absolute atomic E-state index is 0.574. The van der Waals surface area contributed by atoms with Crippen molar-refractivity contribution in [3.8, 4) is 0 Å². The maximum Gasteiger partial charge on any atom is 0.0471 e. The van der Waals surface area contributed by atoms with Gasteiger partial charge in [0.1, 0.15) is 0 Å². The van der Waals surface area contributed by atoms with Crippen LogP contribution in [0, 0.1) is 11.8 Å². The summed E-state index contributed by atoms with van der Waals surface area (Å²) in [5, 5.41) is 4.10. The van der Waals surface area contributed by atoms with Gasteiger partial charge in [-0.15, -0.1) is 0 Å². The van der Waals surface area contributed by atoms with Gasteiger partial charge in [-0.1, -0.05) is 31.5 Å². The Kier molecular flexibility index (Phi) is 4.75. The van der Waals surface area contributed by atoms with Crippen LogP contribution in [0.25, 0.3) is 0 Å². The summed E-state index contributed by atoms with van der Waals surface area (Å²) in [5.74, 6) is 1.47. The van der Waals surface area contributed by atoms with Gasteiger partial charge >= 0.3 is 0 Å². The second-order valence-electron chi connectivity index (χ2n) is 5.98. The van der Waals surface area contributed by atoms with Gasteiger partial charge in [0, 0.05) is 35.4 Å². The SMILES string of the molecule is CNCc1c(Cl)cccc1N1CC(C)CC(C)C1C. The molecule has 0 aromatic heterocycles. The van der Waals surface area contributed by atoms with E-state index in [0.717, 1.165) is 29.9 Å². The smallest absolute Gasteiger partial charge is 0.0471 e. The highest BCUT2D eigenvalue weighted by molar-refractivity contribution is 6.31. The number of hydrogen-bond donors (Lipinski definition) is 1. The minimum atomic E-state index is 0.574. The Balaban J connectivity index is 2.37. The summed E-state index contributed by atoms with van der Waals surface area (Å²) >= 11 is 6.38. The van der Waals surface area contributed by atoms with Gasteiger partial charge in [0.2, 0.25) is 0 Å². The number of halogens is 1. The third kappa shape index (κ3) is 3.06. The summed E-state index contributed by atoms with van der Waals surface area (Å²) in [4.78, 5) is 2.54. The molecule has 1 aromatic carbocycles. The van der Waals surface area contributed by atoms with Crippen molar-refractivity contribution in [2.45, 2.75) is 39.8 Å². The molecule has 3 unspecified atom stereocenters. The van der Waals surface area contributed by atoms with Gasteiger partial charge in [-0.2, -0.15) is 0 Å². The second kappa shape index (κ2) is 6.15. The van der Waals surface area contributed by atoms with E-state index in [1.807, 2.05) is 13.1 Å². The predicted molar refractivity (Wildman–Crippen MR) is 84.0 cm³/mol. The average Bonchev–Trinajstić information content (AvgIpc) is 2.36. The van der Waals surface area contributed by atoms with E-state index < -0.39 is 0 Å². The lowest BCUT2D eigenvalue weighted by molar-refractivity contribution is 0.296. The van der Waals surface area contributed by atoms with Crippen LogP contribution in [-0.2, 0) is 6.54 Å². The number of rotatable bonds is 3. The quantitative estimate of drug-likeness (QED) is 0.902. The molecule has 2 rings (SSSR count). The maximum absolute atomic E-state index is 6.38. The first-order valence-electron chi connectivity index (χ1n) is 7.23. The number of nitrogens with zero attached hydrogens (tertiary/aromatic N) is 1. The molecule has 1 aliphatic heterocycles. The topological polar surface area (TPSA) is 15.3 Å². The Morgan fingerprint density at radius 3 is 2.74 bits per heavy atom. The number of nitrogens with one attached hydrogen (secondary N) is 1. The van der Waals surface area contributed by atoms with Crippen LogP contribution in [0.1, 0.15) is 32.8 Å². The van der Waals surface area contributed by atoms with Gasteiger partial charge in [0.25, 0.3) is 0 Å². The highest BCUT2D eigenvalue weighted by atomic mass is 35.5. The summed E-state index contributed by atoms with van der Waals surface area (Å²) in [6, 6.07) is 6.83. The van der Waals surface area contributed by atoms with Gasteiger partial charge in [-0.25, -0.2) is 0 Å². The summed E-state index contributed by atoms with van der Waals surface area (Å²) in [5.41, 5.74) is 2.52. The van der Waals surface area contributed by atoms with E-state index >= 15 is 0 Å². The molecule has 0 saturated carbocycles. The van der Waals surface area contributed by atoms with E-state index in [0.29, 0.717) is 6.04 Å². The summed E-state index contributed by atoms with van der Waals surface area (Å²) < 4.78 is 0. The van der Waals surface area contributed by atoms with Gasteiger partial charge in [0.15, 0.2) is 0 Å². The molecular formula is C16H25ClN2. The van der Waals surface area contributed by atoms with Crippen LogP contribution in [-0.4, -0.2) is 19.6 Å². The van der Waals surface area contributed by atoms with Crippen LogP contribution in [0.4, 0.5) is 5.69 Å². The first-order chi connectivity index (χ1) is 9.04. The van der Waals surface area contributed by atoms with Crippen molar-refractivity contribution in [2.75, 3.05) is 18.5 Å². The first kappa shape index (κ1) is 14.7. The zero-order valence-corrected chi connectivity index (χ0v) is 13.2. The van der Waals surface area contributed by atoms with E-state index in [1.165, 1.54) is 17.7 Å². The van der Waals surface area contributed by atoms with Crippen molar-refractivity contribution in [3.05, 3.63) is 28.8 Å². The Bertz CT molecular complexity index is 433. The van der Waals surface area contributed by atoms with E-state index in [2.05, 4.69) is 43.1 Å². The van der Waals surface area contributed by atoms with Crippen molar-refractivity contribution in [2.24, 2.45) is 11.8 Å². The number of benzene rings is 1. The third-order valence-corrected chi connectivity index (χ3v) is 4.71. The van der Waals surface area contributed by atoms with Gasteiger partial charge in [0.05, 0.1) is 0 Å². The fourth-order valence-electron chi connectivity index (χ4n) is 3.20. The predicted octanol–water partition coefficient (Wildman–Crippen LogP) is 3.93. The normalized spacial score (nSPS) is 27.6. The molecule has 0 bridgehead atoms. The zero-order valence-electron chi connectivity index (χ0n) is 12.4. The Hall–Kier alpha value is -0.730. The molecule has 1 fully saturated rings. The Morgan fingerprint density at radius 1 is 1.32 bits per heavy atom. The van der Waals surface area contributed by atoms with Gasteiger partial charge in [-0.05, 0) is 44.4 Å². The van der Waals surface area contributed by atoms with Crippen LogP contribution in [0.2, 0.25) is 5.02 Å². The van der Waals surface area contributed by atoms with Crippen LogP contribution < -0.4 is 10.2 Å². The molecule has 0 radical (unpaired) electrons. The molecule has 1 aliphatic rings. The van der Waals surface area contributed by atoms with Crippen molar-refractivity contribution in [3.63, 3.8) is 0 Å². The summed E-state index contributed by atoms with van der Waals surface area (Å²) in [6.45, 7) is 8.98. The highest BCUT2D eigenvalue weighted by Gasteiger charge is 2.30. The zero-order chi connectivity index (χ0) is 14.0. The van der Waals surface area contributed by atoms with Crippen molar-refractivity contribution >= 4 is 17.3 Å². The molecule has 0 aliphatic carbocycles. The fraction of sp³-hybridized carbons (Fsp3) is 0.625. The van der Waals surface area contributed by atoms with Crippen molar-refractivity contribution in [1.29, 1.82) is 0 Å². The molecule has 2 nitrogen and oxygen atoms in total. The average molecular weight is 281 g/mol. The Morgan fingerprint density at radius 2 is 2.05 bits per heavy atom. The number of hydrogen-bond acceptors (Lipinski definition) is 2. The molecule has 19 heavy (non-hydrogen) atoms. The van der Waals surface area contributed by atoms with Crippen molar-refractivity contribution < 1.29 is 0 Å². The maximum atomic E-state index is 6.38. The van der Waals surface area contributed by atoms with Gasteiger partial charge < -0.3 is 10.2 Å². The molecule has 0 spiro atoms. The van der Waals surface area contributed by atoms with E-state index in [1.54, 1.807) is 0 Å². The second-order valence-corrected chi connectivity index (χ2v) is 6.39. The van der Waals surface area contributed by atoms with Crippen molar-refractivity contribution in [1.82, 2.24) is 5.32 Å². The van der Waals surface area contributed by atoms with Crippen LogP contribution in [0.5, 0.6) is 0 Å². The molecule has 1 saturated heterocycles. The molecule has 1 aromatic rings. The summed E-state index contributed by atoms with van der Waals surface area (Å²) in [7, 11) is 1.97. The molecule has 1 heterocycles. The molecule has 3 atom stereocenters. The number of anilines is 1. The lowest BCUT2D eigenvalue weighted by Gasteiger charge is -2.43. The van der Waals surface area contributed by atoms with E-state index in [4.69, 9.17) is 11.6 Å². The molecule has 0 amide bonds. The fourth-order valence-corrected chi connectivity index (χ4v) is 3.44. The standard InChI is InChI=1S/C16H25ClN2/c1-11-8-12(2)13(3)19(10-11)16-7-5-6-15(17)14(16)9-18-4/h5-7,11-13,18H,8-10H2,1-4H3. The first-order valence-corrected chi connectivity index (χ1v) is 7.61. The molecule has 106 valence electrons.